The standard InChI is InChI=1S/C24H32Si/c1-4-5-6-7-8-9-16-21-24(22-17-12-10-13-18-22)25(2,3)23-19-14-11-15-20-23/h9-21H,4-8H2,1-3H3/b16-9+,24-21+. The van der Waals surface area contributed by atoms with E-state index < -0.39 is 8.07 Å². The van der Waals surface area contributed by atoms with E-state index in [0.717, 1.165) is 0 Å². The molecule has 0 fully saturated rings. The van der Waals surface area contributed by atoms with Crippen molar-refractivity contribution in [1.82, 2.24) is 0 Å². The lowest BCUT2D eigenvalue weighted by molar-refractivity contribution is 0.674. The minimum atomic E-state index is -1.72. The summed E-state index contributed by atoms with van der Waals surface area (Å²) in [5, 5.41) is 2.99. The first kappa shape index (κ1) is 19.5. The van der Waals surface area contributed by atoms with Gasteiger partial charge >= 0.3 is 0 Å². The van der Waals surface area contributed by atoms with Gasteiger partial charge in [0.05, 0.1) is 0 Å². The Morgan fingerprint density at radius 2 is 1.48 bits per heavy atom. The van der Waals surface area contributed by atoms with Gasteiger partial charge in [0.2, 0.25) is 0 Å². The third kappa shape index (κ3) is 5.86. The van der Waals surface area contributed by atoms with Gasteiger partial charge in [-0.05, 0) is 23.6 Å². The third-order valence-corrected chi connectivity index (χ3v) is 8.46. The fourth-order valence-electron chi connectivity index (χ4n) is 3.24. The van der Waals surface area contributed by atoms with Crippen LogP contribution < -0.4 is 5.19 Å². The molecule has 2 aromatic carbocycles. The summed E-state index contributed by atoms with van der Waals surface area (Å²) in [5.74, 6) is 0. The summed E-state index contributed by atoms with van der Waals surface area (Å²) in [6, 6.07) is 21.9. The van der Waals surface area contributed by atoms with Crippen LogP contribution in [-0.2, 0) is 0 Å². The molecule has 0 amide bonds. The highest BCUT2D eigenvalue weighted by Gasteiger charge is 2.28. The van der Waals surface area contributed by atoms with E-state index in [-0.39, 0.29) is 0 Å². The Hall–Kier alpha value is -1.86. The van der Waals surface area contributed by atoms with Crippen molar-refractivity contribution in [2.24, 2.45) is 0 Å². The fraction of sp³-hybridized carbons (Fsp3) is 0.333. The van der Waals surface area contributed by atoms with Gasteiger partial charge < -0.3 is 0 Å². The quantitative estimate of drug-likeness (QED) is 0.267. The molecule has 2 aromatic rings. The van der Waals surface area contributed by atoms with E-state index in [1.165, 1.54) is 48.1 Å². The highest BCUT2D eigenvalue weighted by atomic mass is 28.3. The lowest BCUT2D eigenvalue weighted by Crippen LogP contribution is -2.42. The van der Waals surface area contributed by atoms with E-state index in [1.807, 2.05) is 0 Å². The van der Waals surface area contributed by atoms with Crippen LogP contribution in [0.5, 0.6) is 0 Å². The molecule has 0 spiro atoms. The van der Waals surface area contributed by atoms with Crippen molar-refractivity contribution in [3.63, 3.8) is 0 Å². The molecule has 0 unspecified atom stereocenters. The molecule has 0 aliphatic heterocycles. The van der Waals surface area contributed by atoms with Gasteiger partial charge in [-0.1, -0.05) is 123 Å². The summed E-state index contributed by atoms with van der Waals surface area (Å²) in [6.07, 6.45) is 13.5. The first-order valence-corrected chi connectivity index (χ1v) is 12.6. The maximum absolute atomic E-state index is 2.45. The second kappa shape index (κ2) is 10.2. The van der Waals surface area contributed by atoms with Gasteiger partial charge in [-0.3, -0.25) is 0 Å². The Labute approximate surface area is 155 Å². The summed E-state index contributed by atoms with van der Waals surface area (Å²) < 4.78 is 0. The van der Waals surface area contributed by atoms with Crippen LogP contribution in [0.1, 0.15) is 44.6 Å². The van der Waals surface area contributed by atoms with Crippen LogP contribution in [0.15, 0.2) is 78.9 Å². The summed E-state index contributed by atoms with van der Waals surface area (Å²) in [5.41, 5.74) is 1.36. The number of hydrogen-bond donors (Lipinski definition) is 0. The molecule has 0 aliphatic rings. The smallest absolute Gasteiger partial charge is 0.0845 e. The third-order valence-electron chi connectivity index (χ3n) is 4.88. The van der Waals surface area contributed by atoms with Crippen molar-refractivity contribution in [2.75, 3.05) is 0 Å². The van der Waals surface area contributed by atoms with Crippen molar-refractivity contribution in [3.8, 4) is 0 Å². The SMILES string of the molecule is CCCCCC/C=C/C=C(\c1ccccc1)[Si](C)(C)c1ccccc1. The number of rotatable bonds is 9. The Kier molecular flexibility index (Phi) is 7.94. The molecule has 25 heavy (non-hydrogen) atoms. The van der Waals surface area contributed by atoms with Crippen LogP contribution in [0.25, 0.3) is 5.20 Å². The maximum atomic E-state index is 2.45. The summed E-state index contributed by atoms with van der Waals surface area (Å²) in [7, 11) is -1.72. The molecule has 132 valence electrons. The van der Waals surface area contributed by atoms with Gasteiger partial charge in [0, 0.05) is 0 Å². The van der Waals surface area contributed by atoms with Crippen LogP contribution in [-0.4, -0.2) is 8.07 Å². The second-order valence-electron chi connectivity index (χ2n) is 7.21. The predicted octanol–water partition coefficient (Wildman–Crippen LogP) is 6.75. The van der Waals surface area contributed by atoms with Crippen molar-refractivity contribution in [2.45, 2.75) is 52.1 Å². The molecule has 1 heteroatoms. The average Bonchev–Trinajstić information content (AvgIpc) is 2.65. The van der Waals surface area contributed by atoms with Crippen molar-refractivity contribution in [3.05, 3.63) is 84.5 Å². The molecule has 0 atom stereocenters. The largest absolute Gasteiger partial charge is 0.112 e. The minimum Gasteiger partial charge on any atom is -0.0845 e. The van der Waals surface area contributed by atoms with E-state index >= 15 is 0 Å². The van der Waals surface area contributed by atoms with Crippen LogP contribution in [0, 0.1) is 0 Å². The summed E-state index contributed by atoms with van der Waals surface area (Å²) >= 11 is 0. The predicted molar refractivity (Wildman–Crippen MR) is 116 cm³/mol. The molecule has 0 bridgehead atoms. The molecular weight excluding hydrogens is 316 g/mol. The normalized spacial score (nSPS) is 12.7. The fourth-order valence-corrected chi connectivity index (χ4v) is 5.98. The molecule has 0 heterocycles. The first-order chi connectivity index (χ1) is 12.2. The van der Waals surface area contributed by atoms with Gasteiger partial charge in [-0.2, -0.15) is 0 Å². The van der Waals surface area contributed by atoms with Crippen molar-refractivity contribution < 1.29 is 0 Å². The molecule has 0 saturated heterocycles. The Bertz CT molecular complexity index is 666. The number of unbranched alkanes of at least 4 members (excludes halogenated alkanes) is 4. The highest BCUT2D eigenvalue weighted by Crippen LogP contribution is 2.26. The van der Waals surface area contributed by atoms with E-state index in [1.54, 1.807) is 0 Å². The molecule has 0 aliphatic carbocycles. The van der Waals surface area contributed by atoms with Gasteiger partial charge in [-0.15, -0.1) is 0 Å². The monoisotopic (exact) mass is 348 g/mol. The lowest BCUT2D eigenvalue weighted by atomic mass is 10.1. The lowest BCUT2D eigenvalue weighted by Gasteiger charge is -2.27. The molecular formula is C24H32Si. The topological polar surface area (TPSA) is 0 Å². The zero-order valence-corrected chi connectivity index (χ0v) is 17.0. The second-order valence-corrected chi connectivity index (χ2v) is 11.6. The van der Waals surface area contributed by atoms with Crippen LogP contribution >= 0.6 is 0 Å². The number of allylic oxidation sites excluding steroid dienone is 3. The highest BCUT2D eigenvalue weighted by molar-refractivity contribution is 7.04. The Morgan fingerprint density at radius 1 is 0.840 bits per heavy atom. The summed E-state index contributed by atoms with van der Waals surface area (Å²) in [4.78, 5) is 0. The van der Waals surface area contributed by atoms with Gasteiger partial charge in [0.25, 0.3) is 0 Å². The Balaban J connectivity index is 2.22. The average molecular weight is 349 g/mol. The van der Waals surface area contributed by atoms with Crippen molar-refractivity contribution in [1.29, 1.82) is 0 Å². The molecule has 2 rings (SSSR count). The zero-order valence-electron chi connectivity index (χ0n) is 16.0. The van der Waals surface area contributed by atoms with E-state index in [9.17, 15) is 0 Å². The molecule has 0 nitrogen and oxygen atoms in total. The molecule has 0 radical (unpaired) electrons. The van der Waals surface area contributed by atoms with Crippen molar-refractivity contribution >= 4 is 18.5 Å². The van der Waals surface area contributed by atoms with E-state index in [0.29, 0.717) is 0 Å². The van der Waals surface area contributed by atoms with Crippen LogP contribution in [0.4, 0.5) is 0 Å². The zero-order chi connectivity index (χ0) is 18.0. The molecule has 0 aromatic heterocycles. The number of benzene rings is 2. The van der Waals surface area contributed by atoms with Gasteiger partial charge in [0.15, 0.2) is 0 Å². The maximum Gasteiger partial charge on any atom is 0.112 e. The van der Waals surface area contributed by atoms with E-state index in [4.69, 9.17) is 0 Å². The number of hydrogen-bond acceptors (Lipinski definition) is 0. The summed E-state index contributed by atoms with van der Waals surface area (Å²) in [6.45, 7) is 7.17. The first-order valence-electron chi connectivity index (χ1n) is 9.64. The van der Waals surface area contributed by atoms with Gasteiger partial charge in [0.1, 0.15) is 8.07 Å². The minimum absolute atomic E-state index is 1.19. The van der Waals surface area contributed by atoms with Crippen LogP contribution in [0.2, 0.25) is 13.1 Å². The van der Waals surface area contributed by atoms with E-state index in [2.05, 4.69) is 98.9 Å². The van der Waals surface area contributed by atoms with Crippen LogP contribution in [0.3, 0.4) is 0 Å². The Morgan fingerprint density at radius 3 is 2.12 bits per heavy atom. The molecule has 0 N–H and O–H groups in total. The molecule has 0 saturated carbocycles. The van der Waals surface area contributed by atoms with Gasteiger partial charge in [-0.25, -0.2) is 0 Å².